The Hall–Kier alpha value is -0.120. The molecule has 1 atom stereocenters. The van der Waals surface area contributed by atoms with E-state index in [1.54, 1.807) is 0 Å². The summed E-state index contributed by atoms with van der Waals surface area (Å²) in [5, 5.41) is 12.5. The minimum Gasteiger partial charge on any atom is -0.395 e. The van der Waals surface area contributed by atoms with E-state index < -0.39 is 0 Å². The fraction of sp³-hybridized carbons (Fsp3) is 1.00. The first kappa shape index (κ1) is 12.9. The summed E-state index contributed by atoms with van der Waals surface area (Å²) in [6.07, 6.45) is 6.81. The van der Waals surface area contributed by atoms with Crippen molar-refractivity contribution in [1.29, 1.82) is 0 Å². The topological polar surface area (TPSA) is 35.5 Å². The van der Waals surface area contributed by atoms with E-state index in [0.29, 0.717) is 0 Å². The van der Waals surface area contributed by atoms with Crippen LogP contribution in [-0.2, 0) is 0 Å². The predicted octanol–water partition coefficient (Wildman–Crippen LogP) is 1.22. The van der Waals surface area contributed by atoms with Crippen LogP contribution >= 0.6 is 0 Å². The summed E-state index contributed by atoms with van der Waals surface area (Å²) in [6.45, 7) is 6.72. The fourth-order valence-corrected chi connectivity index (χ4v) is 2.28. The standard InChI is InChI=1S/C12H26N2O/c1-2-13-12(11-15)10-14-8-6-4-3-5-7-9-14/h12-13,15H,2-11H2,1H3. The molecule has 0 aromatic rings. The average Bonchev–Trinajstić information content (AvgIpc) is 2.20. The molecule has 0 spiro atoms. The third-order valence-electron chi connectivity index (χ3n) is 3.14. The molecule has 3 heteroatoms. The lowest BCUT2D eigenvalue weighted by molar-refractivity contribution is 0.173. The van der Waals surface area contributed by atoms with Crippen molar-refractivity contribution in [1.82, 2.24) is 10.2 Å². The summed E-state index contributed by atoms with van der Waals surface area (Å²) in [4.78, 5) is 2.50. The number of rotatable bonds is 5. The lowest BCUT2D eigenvalue weighted by atomic mass is 10.1. The Morgan fingerprint density at radius 2 is 1.73 bits per heavy atom. The van der Waals surface area contributed by atoms with Gasteiger partial charge in [-0.05, 0) is 32.5 Å². The molecule has 90 valence electrons. The van der Waals surface area contributed by atoms with Crippen LogP contribution in [0.4, 0.5) is 0 Å². The van der Waals surface area contributed by atoms with Crippen molar-refractivity contribution in [2.24, 2.45) is 0 Å². The molecule has 0 aromatic heterocycles. The number of nitrogens with zero attached hydrogens (tertiary/aromatic N) is 1. The van der Waals surface area contributed by atoms with Crippen molar-refractivity contribution in [3.05, 3.63) is 0 Å². The van der Waals surface area contributed by atoms with Gasteiger partial charge in [-0.3, -0.25) is 0 Å². The van der Waals surface area contributed by atoms with Crippen molar-refractivity contribution in [2.45, 2.75) is 45.1 Å². The SMILES string of the molecule is CCNC(CO)CN1CCCCCCC1. The van der Waals surface area contributed by atoms with Crippen LogP contribution in [-0.4, -0.2) is 48.8 Å². The van der Waals surface area contributed by atoms with Crippen molar-refractivity contribution < 1.29 is 5.11 Å². The molecule has 1 aliphatic heterocycles. The minimum absolute atomic E-state index is 0.254. The zero-order valence-corrected chi connectivity index (χ0v) is 10.0. The molecule has 1 rings (SSSR count). The van der Waals surface area contributed by atoms with Crippen molar-refractivity contribution in [2.75, 3.05) is 32.8 Å². The Bertz CT molecular complexity index is 145. The van der Waals surface area contributed by atoms with E-state index in [4.69, 9.17) is 0 Å². The van der Waals surface area contributed by atoms with E-state index in [0.717, 1.165) is 13.1 Å². The highest BCUT2D eigenvalue weighted by molar-refractivity contribution is 4.72. The fourth-order valence-electron chi connectivity index (χ4n) is 2.28. The van der Waals surface area contributed by atoms with Gasteiger partial charge in [0, 0.05) is 12.6 Å². The number of aliphatic hydroxyl groups is 1. The number of aliphatic hydroxyl groups excluding tert-OH is 1. The van der Waals surface area contributed by atoms with Gasteiger partial charge in [-0.25, -0.2) is 0 Å². The third kappa shape index (κ3) is 5.50. The Kier molecular flexibility index (Phi) is 6.98. The van der Waals surface area contributed by atoms with Crippen LogP contribution in [0.3, 0.4) is 0 Å². The van der Waals surface area contributed by atoms with Gasteiger partial charge in [-0.15, -0.1) is 0 Å². The Morgan fingerprint density at radius 1 is 1.13 bits per heavy atom. The van der Waals surface area contributed by atoms with Gasteiger partial charge in [0.05, 0.1) is 6.61 Å². The lowest BCUT2D eigenvalue weighted by Gasteiger charge is -2.28. The molecule has 1 fully saturated rings. The molecule has 1 unspecified atom stereocenters. The molecule has 0 aliphatic carbocycles. The van der Waals surface area contributed by atoms with Gasteiger partial charge < -0.3 is 15.3 Å². The molecule has 15 heavy (non-hydrogen) atoms. The van der Waals surface area contributed by atoms with Crippen LogP contribution in [0.1, 0.15) is 39.0 Å². The molecule has 2 N–H and O–H groups in total. The van der Waals surface area contributed by atoms with E-state index in [-0.39, 0.29) is 12.6 Å². The quantitative estimate of drug-likeness (QED) is 0.722. The Balaban J connectivity index is 2.26. The second-order valence-corrected chi connectivity index (χ2v) is 4.51. The molecule has 1 aliphatic rings. The normalized spacial score (nSPS) is 22.0. The number of nitrogens with one attached hydrogen (secondary N) is 1. The highest BCUT2D eigenvalue weighted by Crippen LogP contribution is 2.10. The van der Waals surface area contributed by atoms with Crippen LogP contribution in [0.2, 0.25) is 0 Å². The molecule has 0 saturated carbocycles. The largest absolute Gasteiger partial charge is 0.395 e. The first-order chi connectivity index (χ1) is 7.36. The summed E-state index contributed by atoms with van der Waals surface area (Å²) in [5.41, 5.74) is 0. The summed E-state index contributed by atoms with van der Waals surface area (Å²) in [6, 6.07) is 0.259. The van der Waals surface area contributed by atoms with Gasteiger partial charge >= 0.3 is 0 Å². The van der Waals surface area contributed by atoms with Crippen molar-refractivity contribution >= 4 is 0 Å². The third-order valence-corrected chi connectivity index (χ3v) is 3.14. The van der Waals surface area contributed by atoms with Gasteiger partial charge in [0.1, 0.15) is 0 Å². The van der Waals surface area contributed by atoms with Gasteiger partial charge in [-0.2, -0.15) is 0 Å². The monoisotopic (exact) mass is 214 g/mol. The number of likely N-dealkylation sites (N-methyl/N-ethyl adjacent to an activating group) is 1. The molecule has 3 nitrogen and oxygen atoms in total. The van der Waals surface area contributed by atoms with E-state index >= 15 is 0 Å². The molecular formula is C12H26N2O. The van der Waals surface area contributed by atoms with E-state index in [1.807, 2.05) is 0 Å². The average molecular weight is 214 g/mol. The minimum atomic E-state index is 0.254. The molecule has 0 aromatic carbocycles. The second-order valence-electron chi connectivity index (χ2n) is 4.51. The lowest BCUT2D eigenvalue weighted by Crippen LogP contribution is -2.44. The number of likely N-dealkylation sites (tertiary alicyclic amines) is 1. The zero-order chi connectivity index (χ0) is 10.9. The van der Waals surface area contributed by atoms with Gasteiger partial charge in [0.25, 0.3) is 0 Å². The van der Waals surface area contributed by atoms with Crippen molar-refractivity contribution in [3.8, 4) is 0 Å². The first-order valence-electron chi connectivity index (χ1n) is 6.43. The van der Waals surface area contributed by atoms with Crippen LogP contribution in [0.25, 0.3) is 0 Å². The van der Waals surface area contributed by atoms with Crippen LogP contribution in [0.5, 0.6) is 0 Å². The van der Waals surface area contributed by atoms with Crippen LogP contribution in [0, 0.1) is 0 Å². The predicted molar refractivity (Wildman–Crippen MR) is 64.1 cm³/mol. The van der Waals surface area contributed by atoms with E-state index in [1.165, 1.54) is 45.2 Å². The zero-order valence-electron chi connectivity index (χ0n) is 10.0. The molecule has 0 bridgehead atoms. The van der Waals surface area contributed by atoms with Crippen molar-refractivity contribution in [3.63, 3.8) is 0 Å². The molecule has 1 heterocycles. The maximum atomic E-state index is 9.22. The summed E-state index contributed by atoms with van der Waals surface area (Å²) < 4.78 is 0. The summed E-state index contributed by atoms with van der Waals surface area (Å²) in [5.74, 6) is 0. The number of hydrogen-bond donors (Lipinski definition) is 2. The molecule has 0 radical (unpaired) electrons. The molecule has 0 amide bonds. The molecular weight excluding hydrogens is 188 g/mol. The maximum absolute atomic E-state index is 9.22. The van der Waals surface area contributed by atoms with E-state index in [2.05, 4.69) is 17.1 Å². The summed E-state index contributed by atoms with van der Waals surface area (Å²) in [7, 11) is 0. The summed E-state index contributed by atoms with van der Waals surface area (Å²) >= 11 is 0. The highest BCUT2D eigenvalue weighted by Gasteiger charge is 2.13. The smallest absolute Gasteiger partial charge is 0.0597 e. The Morgan fingerprint density at radius 3 is 2.27 bits per heavy atom. The van der Waals surface area contributed by atoms with Crippen LogP contribution < -0.4 is 5.32 Å². The van der Waals surface area contributed by atoms with Gasteiger partial charge in [0.15, 0.2) is 0 Å². The maximum Gasteiger partial charge on any atom is 0.0597 e. The highest BCUT2D eigenvalue weighted by atomic mass is 16.3. The first-order valence-corrected chi connectivity index (χ1v) is 6.43. The van der Waals surface area contributed by atoms with E-state index in [9.17, 15) is 5.11 Å². The van der Waals surface area contributed by atoms with Crippen LogP contribution in [0.15, 0.2) is 0 Å². The second kappa shape index (κ2) is 8.08. The number of hydrogen-bond acceptors (Lipinski definition) is 3. The Labute approximate surface area is 93.9 Å². The van der Waals surface area contributed by atoms with Gasteiger partial charge in [0.2, 0.25) is 0 Å². The molecule has 1 saturated heterocycles. The van der Waals surface area contributed by atoms with Gasteiger partial charge in [-0.1, -0.05) is 26.2 Å².